The van der Waals surface area contributed by atoms with Crippen LogP contribution in [-0.2, 0) is 0 Å². The molecule has 2 fully saturated rings. The van der Waals surface area contributed by atoms with Crippen LogP contribution in [0.4, 0.5) is 11.4 Å². The molecule has 0 aromatic heterocycles. The molecule has 1 spiro atoms. The van der Waals surface area contributed by atoms with Crippen molar-refractivity contribution in [3.8, 4) is 0 Å². The van der Waals surface area contributed by atoms with Gasteiger partial charge in [0.05, 0.1) is 16.2 Å². The molecule has 1 saturated carbocycles. The fraction of sp³-hybridized carbons (Fsp3) is 0.588. The van der Waals surface area contributed by atoms with Gasteiger partial charge >= 0.3 is 0 Å². The molecule has 1 amide bonds. The normalized spacial score (nSPS) is 19.8. The number of benzene rings is 1. The van der Waals surface area contributed by atoms with Crippen LogP contribution in [0.25, 0.3) is 0 Å². The first kappa shape index (κ1) is 15.8. The van der Waals surface area contributed by atoms with E-state index in [-0.39, 0.29) is 11.6 Å². The van der Waals surface area contributed by atoms with Gasteiger partial charge in [0.1, 0.15) is 0 Å². The molecule has 124 valence electrons. The Morgan fingerprint density at radius 2 is 1.87 bits per heavy atom. The van der Waals surface area contributed by atoms with E-state index in [0.29, 0.717) is 11.0 Å². The molecule has 23 heavy (non-hydrogen) atoms. The monoisotopic (exact) mass is 317 g/mol. The van der Waals surface area contributed by atoms with Crippen LogP contribution in [0.5, 0.6) is 0 Å². The highest BCUT2D eigenvalue weighted by Crippen LogP contribution is 2.47. The third kappa shape index (κ3) is 3.02. The summed E-state index contributed by atoms with van der Waals surface area (Å²) >= 11 is 0. The molecule has 0 radical (unpaired) electrons. The summed E-state index contributed by atoms with van der Waals surface area (Å²) in [6, 6.07) is 4.59. The Hall–Kier alpha value is -2.11. The van der Waals surface area contributed by atoms with E-state index in [1.807, 2.05) is 0 Å². The van der Waals surface area contributed by atoms with Crippen LogP contribution in [0.15, 0.2) is 18.2 Å². The third-order valence-electron chi connectivity index (χ3n) is 5.49. The molecule has 1 N–H and O–H groups in total. The predicted molar refractivity (Wildman–Crippen MR) is 88.8 cm³/mol. The van der Waals surface area contributed by atoms with Gasteiger partial charge in [0.25, 0.3) is 11.6 Å². The van der Waals surface area contributed by atoms with E-state index >= 15 is 0 Å². The summed E-state index contributed by atoms with van der Waals surface area (Å²) in [7, 11) is 1.55. The van der Waals surface area contributed by atoms with E-state index in [1.165, 1.54) is 37.8 Å². The first-order valence-electron chi connectivity index (χ1n) is 8.30. The number of piperidine rings is 1. The second-order valence-corrected chi connectivity index (χ2v) is 6.73. The maximum atomic E-state index is 12.1. The van der Waals surface area contributed by atoms with Crippen molar-refractivity contribution >= 4 is 17.3 Å². The Labute approximate surface area is 136 Å². The lowest BCUT2D eigenvalue weighted by atomic mass is 9.77. The van der Waals surface area contributed by atoms with Gasteiger partial charge in [-0.2, -0.15) is 0 Å². The molecule has 3 rings (SSSR count). The van der Waals surface area contributed by atoms with Crippen LogP contribution in [0.1, 0.15) is 48.9 Å². The molecule has 1 aromatic carbocycles. The average Bonchev–Trinajstić information content (AvgIpc) is 3.02. The summed E-state index contributed by atoms with van der Waals surface area (Å²) in [5.74, 6) is -0.273. The second-order valence-electron chi connectivity index (χ2n) is 6.73. The van der Waals surface area contributed by atoms with E-state index in [9.17, 15) is 14.9 Å². The first-order chi connectivity index (χ1) is 11.0. The molecule has 1 aliphatic heterocycles. The van der Waals surface area contributed by atoms with Crippen molar-refractivity contribution in [2.45, 2.75) is 38.5 Å². The summed E-state index contributed by atoms with van der Waals surface area (Å²) in [5, 5.41) is 13.6. The van der Waals surface area contributed by atoms with Gasteiger partial charge < -0.3 is 10.2 Å². The standard InChI is InChI=1S/C17H23N3O3/c1-18-16(21)14-12-13(20(22)23)4-5-15(14)19-10-8-17(9-11-19)6-2-3-7-17/h4-5,12H,2-3,6-11H2,1H3,(H,18,21). The Kier molecular flexibility index (Phi) is 4.24. The molecule has 2 aliphatic rings. The zero-order chi connectivity index (χ0) is 16.4. The van der Waals surface area contributed by atoms with E-state index in [0.717, 1.165) is 31.6 Å². The highest BCUT2D eigenvalue weighted by molar-refractivity contribution is 6.00. The van der Waals surface area contributed by atoms with Crippen molar-refractivity contribution in [1.82, 2.24) is 5.32 Å². The second kappa shape index (κ2) is 6.18. The van der Waals surface area contributed by atoms with Gasteiger partial charge in [-0.3, -0.25) is 14.9 Å². The maximum Gasteiger partial charge on any atom is 0.270 e. The summed E-state index contributed by atoms with van der Waals surface area (Å²) in [5.41, 5.74) is 1.66. The van der Waals surface area contributed by atoms with Crippen LogP contribution in [0.2, 0.25) is 0 Å². The van der Waals surface area contributed by atoms with Gasteiger partial charge in [0.15, 0.2) is 0 Å². The summed E-state index contributed by atoms with van der Waals surface area (Å²) < 4.78 is 0. The molecule has 0 atom stereocenters. The minimum Gasteiger partial charge on any atom is -0.371 e. The lowest BCUT2D eigenvalue weighted by Crippen LogP contribution is -2.39. The fourth-order valence-electron chi connectivity index (χ4n) is 4.08. The zero-order valence-electron chi connectivity index (χ0n) is 13.5. The highest BCUT2D eigenvalue weighted by atomic mass is 16.6. The topological polar surface area (TPSA) is 75.5 Å². The van der Waals surface area contributed by atoms with Gasteiger partial charge in [-0.15, -0.1) is 0 Å². The van der Waals surface area contributed by atoms with Crippen LogP contribution in [-0.4, -0.2) is 31.0 Å². The molecule has 1 heterocycles. The number of non-ortho nitro benzene ring substituents is 1. The largest absolute Gasteiger partial charge is 0.371 e. The van der Waals surface area contributed by atoms with Crippen molar-refractivity contribution < 1.29 is 9.72 Å². The van der Waals surface area contributed by atoms with E-state index in [2.05, 4.69) is 10.2 Å². The van der Waals surface area contributed by atoms with Crippen LogP contribution < -0.4 is 10.2 Å². The first-order valence-corrected chi connectivity index (χ1v) is 8.30. The number of nitro benzene ring substituents is 1. The SMILES string of the molecule is CNC(=O)c1cc([N+](=O)[O-])ccc1N1CCC2(CCCC2)CC1. The number of nitrogens with one attached hydrogen (secondary N) is 1. The number of carbonyl (C=O) groups excluding carboxylic acids is 1. The number of carbonyl (C=O) groups is 1. The molecule has 1 saturated heterocycles. The van der Waals surface area contributed by atoms with Crippen molar-refractivity contribution in [2.75, 3.05) is 25.0 Å². The Morgan fingerprint density at radius 1 is 1.22 bits per heavy atom. The minimum atomic E-state index is -0.458. The van der Waals surface area contributed by atoms with Crippen molar-refractivity contribution in [3.63, 3.8) is 0 Å². The Bertz CT molecular complexity index is 614. The molecule has 6 nitrogen and oxygen atoms in total. The quantitative estimate of drug-likeness (QED) is 0.686. The molecular formula is C17H23N3O3. The third-order valence-corrected chi connectivity index (χ3v) is 5.49. The zero-order valence-corrected chi connectivity index (χ0v) is 13.5. The van der Waals surface area contributed by atoms with Gasteiger partial charge in [0.2, 0.25) is 0 Å². The number of hydrogen-bond acceptors (Lipinski definition) is 4. The molecular weight excluding hydrogens is 294 g/mol. The summed E-state index contributed by atoms with van der Waals surface area (Å²) in [6.45, 7) is 1.84. The van der Waals surface area contributed by atoms with Crippen molar-refractivity contribution in [2.24, 2.45) is 5.41 Å². The van der Waals surface area contributed by atoms with Gasteiger partial charge in [-0.05, 0) is 37.2 Å². The fourth-order valence-corrected chi connectivity index (χ4v) is 4.08. The molecule has 0 unspecified atom stereocenters. The molecule has 6 heteroatoms. The van der Waals surface area contributed by atoms with Crippen molar-refractivity contribution in [1.29, 1.82) is 0 Å². The number of nitro groups is 1. The van der Waals surface area contributed by atoms with Crippen molar-refractivity contribution in [3.05, 3.63) is 33.9 Å². The maximum absolute atomic E-state index is 12.1. The highest BCUT2D eigenvalue weighted by Gasteiger charge is 2.37. The number of nitrogens with zero attached hydrogens (tertiary/aromatic N) is 2. The number of amides is 1. The Balaban J connectivity index is 1.84. The van der Waals surface area contributed by atoms with Crippen LogP contribution in [0, 0.1) is 15.5 Å². The average molecular weight is 317 g/mol. The number of rotatable bonds is 3. The van der Waals surface area contributed by atoms with Crippen LogP contribution in [0.3, 0.4) is 0 Å². The van der Waals surface area contributed by atoms with E-state index in [4.69, 9.17) is 0 Å². The van der Waals surface area contributed by atoms with E-state index in [1.54, 1.807) is 13.1 Å². The molecule has 0 bridgehead atoms. The van der Waals surface area contributed by atoms with Crippen LogP contribution >= 0.6 is 0 Å². The molecule has 1 aliphatic carbocycles. The lowest BCUT2D eigenvalue weighted by Gasteiger charge is -2.41. The summed E-state index contributed by atoms with van der Waals surface area (Å²) in [6.07, 6.45) is 7.61. The Morgan fingerprint density at radius 3 is 2.43 bits per heavy atom. The lowest BCUT2D eigenvalue weighted by molar-refractivity contribution is -0.384. The van der Waals surface area contributed by atoms with Gasteiger partial charge in [0, 0.05) is 32.3 Å². The predicted octanol–water partition coefficient (Wildman–Crippen LogP) is 3.12. The minimum absolute atomic E-state index is 0.0448. The summed E-state index contributed by atoms with van der Waals surface area (Å²) in [4.78, 5) is 24.9. The van der Waals surface area contributed by atoms with E-state index < -0.39 is 4.92 Å². The number of hydrogen-bond donors (Lipinski definition) is 1. The van der Waals surface area contributed by atoms with Gasteiger partial charge in [-0.25, -0.2) is 0 Å². The molecule has 1 aromatic rings. The smallest absolute Gasteiger partial charge is 0.270 e. The number of anilines is 1. The van der Waals surface area contributed by atoms with Gasteiger partial charge in [-0.1, -0.05) is 12.8 Å².